The highest BCUT2D eigenvalue weighted by Crippen LogP contribution is 2.07. The van der Waals surface area contributed by atoms with Crippen molar-refractivity contribution < 1.29 is 19.4 Å². The molecule has 16 heavy (non-hydrogen) atoms. The van der Waals surface area contributed by atoms with Crippen LogP contribution in [-0.4, -0.2) is 33.6 Å². The van der Waals surface area contributed by atoms with Crippen LogP contribution in [0.4, 0.5) is 0 Å². The van der Waals surface area contributed by atoms with Gasteiger partial charge in [-0.1, -0.05) is 0 Å². The number of carboxylic acid groups (broad SMARTS) is 1. The Bertz CT molecular complexity index is 575. The number of carbonyl (C=O) groups excluding carboxylic acids is 2. The molecule has 0 amide bonds. The number of nitrogens with zero attached hydrogens (tertiary/aromatic N) is 3. The topological polar surface area (TPSA) is 96.6 Å². The molecule has 0 spiro atoms. The second kappa shape index (κ2) is 3.61. The zero-order chi connectivity index (χ0) is 11.7. The van der Waals surface area contributed by atoms with Gasteiger partial charge < -0.3 is 14.6 Å². The summed E-state index contributed by atoms with van der Waals surface area (Å²) in [5.74, 6) is -2.16. The SMILES string of the molecule is COC(=O)c1cc(C(=O)[O-])n2nccc2n1. The number of ether oxygens (including phenoxy) is 1. The van der Waals surface area contributed by atoms with Crippen LogP contribution in [0.3, 0.4) is 0 Å². The Morgan fingerprint density at radius 2 is 2.25 bits per heavy atom. The fourth-order valence-electron chi connectivity index (χ4n) is 1.27. The van der Waals surface area contributed by atoms with E-state index >= 15 is 0 Å². The van der Waals surface area contributed by atoms with Crippen molar-refractivity contribution in [2.45, 2.75) is 0 Å². The first-order valence-corrected chi connectivity index (χ1v) is 4.28. The maximum absolute atomic E-state index is 11.2. The van der Waals surface area contributed by atoms with Gasteiger partial charge in [-0.05, 0) is 6.07 Å². The van der Waals surface area contributed by atoms with Crippen molar-refractivity contribution in [3.8, 4) is 0 Å². The first-order valence-electron chi connectivity index (χ1n) is 4.28. The molecule has 0 N–H and O–H groups in total. The lowest BCUT2D eigenvalue weighted by atomic mass is 10.3. The molecule has 82 valence electrons. The van der Waals surface area contributed by atoms with Gasteiger partial charge in [0.1, 0.15) is 0 Å². The van der Waals surface area contributed by atoms with Crippen LogP contribution < -0.4 is 5.11 Å². The summed E-state index contributed by atoms with van der Waals surface area (Å²) < 4.78 is 5.52. The molecule has 0 aliphatic rings. The molecule has 7 nitrogen and oxygen atoms in total. The number of esters is 1. The molecule has 0 bridgehead atoms. The standard InChI is InChI=1S/C9H7N3O4/c1-16-9(15)5-4-6(8(13)14)12-7(11-5)2-3-10-12/h2-4H,1H3,(H,13,14)/p-1. The van der Waals surface area contributed by atoms with Crippen molar-refractivity contribution in [2.24, 2.45) is 0 Å². The van der Waals surface area contributed by atoms with E-state index in [1.165, 1.54) is 19.4 Å². The third-order valence-corrected chi connectivity index (χ3v) is 1.96. The second-order valence-electron chi connectivity index (χ2n) is 2.91. The Hall–Kier alpha value is -2.44. The van der Waals surface area contributed by atoms with Gasteiger partial charge in [-0.15, -0.1) is 0 Å². The number of carboxylic acids is 1. The van der Waals surface area contributed by atoms with E-state index in [4.69, 9.17) is 0 Å². The summed E-state index contributed by atoms with van der Waals surface area (Å²) in [5, 5.41) is 14.6. The van der Waals surface area contributed by atoms with Gasteiger partial charge in [0.25, 0.3) is 0 Å². The maximum Gasteiger partial charge on any atom is 0.356 e. The van der Waals surface area contributed by atoms with Gasteiger partial charge in [0.05, 0.1) is 25.0 Å². The van der Waals surface area contributed by atoms with E-state index in [-0.39, 0.29) is 17.0 Å². The zero-order valence-corrected chi connectivity index (χ0v) is 8.21. The predicted molar refractivity (Wildman–Crippen MR) is 48.7 cm³/mol. The Morgan fingerprint density at radius 1 is 1.50 bits per heavy atom. The molecule has 2 aromatic heterocycles. The summed E-state index contributed by atoms with van der Waals surface area (Å²) in [6.07, 6.45) is 1.37. The quantitative estimate of drug-likeness (QED) is 0.594. The predicted octanol–water partition coefficient (Wildman–Crippen LogP) is -1.12. The minimum absolute atomic E-state index is 0.102. The summed E-state index contributed by atoms with van der Waals surface area (Å²) >= 11 is 0. The van der Waals surface area contributed by atoms with Gasteiger partial charge in [0.15, 0.2) is 11.3 Å². The van der Waals surface area contributed by atoms with Gasteiger partial charge in [-0.3, -0.25) is 0 Å². The van der Waals surface area contributed by atoms with Gasteiger partial charge in [-0.25, -0.2) is 14.3 Å². The highest BCUT2D eigenvalue weighted by Gasteiger charge is 2.13. The lowest BCUT2D eigenvalue weighted by Gasteiger charge is -2.07. The number of aromatic nitrogens is 3. The van der Waals surface area contributed by atoms with Gasteiger partial charge in [-0.2, -0.15) is 5.10 Å². The normalized spacial score (nSPS) is 10.3. The van der Waals surface area contributed by atoms with Crippen molar-refractivity contribution in [3.63, 3.8) is 0 Å². The Labute approximate surface area is 89.3 Å². The number of fused-ring (bicyclic) bond motifs is 1. The highest BCUT2D eigenvalue weighted by molar-refractivity contribution is 5.92. The second-order valence-corrected chi connectivity index (χ2v) is 2.91. The Balaban J connectivity index is 2.71. The summed E-state index contributed by atoms with van der Waals surface area (Å²) in [5.41, 5.74) is -0.118. The number of carbonyl (C=O) groups is 2. The van der Waals surface area contributed by atoms with E-state index < -0.39 is 11.9 Å². The lowest BCUT2D eigenvalue weighted by Crippen LogP contribution is -2.26. The molecule has 2 aromatic rings. The molecule has 2 heterocycles. The van der Waals surface area contributed by atoms with Crippen molar-refractivity contribution in [2.75, 3.05) is 7.11 Å². The largest absolute Gasteiger partial charge is 0.543 e. The lowest BCUT2D eigenvalue weighted by molar-refractivity contribution is -0.255. The van der Waals surface area contributed by atoms with E-state index in [0.29, 0.717) is 0 Å². The van der Waals surface area contributed by atoms with Gasteiger partial charge in [0, 0.05) is 6.07 Å². The number of aromatic carboxylic acids is 1. The van der Waals surface area contributed by atoms with E-state index in [0.717, 1.165) is 10.6 Å². The van der Waals surface area contributed by atoms with Crippen LogP contribution in [0.1, 0.15) is 21.0 Å². The molecule has 0 fully saturated rings. The molecule has 2 rings (SSSR count). The van der Waals surface area contributed by atoms with Crippen LogP contribution in [0, 0.1) is 0 Å². The Kier molecular flexibility index (Phi) is 2.28. The smallest absolute Gasteiger partial charge is 0.356 e. The zero-order valence-electron chi connectivity index (χ0n) is 8.21. The summed E-state index contributed by atoms with van der Waals surface area (Å²) in [6.45, 7) is 0. The highest BCUT2D eigenvalue weighted by atomic mass is 16.5. The molecule has 0 saturated heterocycles. The van der Waals surface area contributed by atoms with E-state index in [1.807, 2.05) is 0 Å². The van der Waals surface area contributed by atoms with Crippen molar-refractivity contribution in [3.05, 3.63) is 29.7 Å². The average Bonchev–Trinajstić information content (AvgIpc) is 2.74. The number of methoxy groups -OCH3 is 1. The first kappa shape index (κ1) is 10.1. The van der Waals surface area contributed by atoms with Gasteiger partial charge >= 0.3 is 5.97 Å². The molecule has 0 saturated carbocycles. The van der Waals surface area contributed by atoms with Crippen LogP contribution in [0.5, 0.6) is 0 Å². The molecule has 0 aliphatic heterocycles. The average molecular weight is 220 g/mol. The van der Waals surface area contributed by atoms with Crippen molar-refractivity contribution in [1.29, 1.82) is 0 Å². The van der Waals surface area contributed by atoms with Crippen LogP contribution in [0.15, 0.2) is 18.3 Å². The minimum atomic E-state index is -1.44. The third kappa shape index (κ3) is 1.48. The molecule has 0 radical (unpaired) electrons. The van der Waals surface area contributed by atoms with Crippen LogP contribution in [0.2, 0.25) is 0 Å². The van der Waals surface area contributed by atoms with E-state index in [2.05, 4.69) is 14.8 Å². The minimum Gasteiger partial charge on any atom is -0.543 e. The Morgan fingerprint density at radius 3 is 2.88 bits per heavy atom. The molecule has 0 aromatic carbocycles. The molecule has 0 atom stereocenters. The molecule has 7 heteroatoms. The molecular weight excluding hydrogens is 214 g/mol. The summed E-state index contributed by atoms with van der Waals surface area (Å²) in [7, 11) is 1.18. The molecule has 0 aliphatic carbocycles. The fourth-order valence-corrected chi connectivity index (χ4v) is 1.27. The van der Waals surface area contributed by atoms with Crippen LogP contribution in [-0.2, 0) is 4.74 Å². The number of hydrogen-bond donors (Lipinski definition) is 0. The van der Waals surface area contributed by atoms with Crippen molar-refractivity contribution >= 4 is 17.6 Å². The van der Waals surface area contributed by atoms with Crippen LogP contribution >= 0.6 is 0 Å². The number of rotatable bonds is 2. The maximum atomic E-state index is 11.2. The summed E-state index contributed by atoms with van der Waals surface area (Å²) in [6, 6.07) is 2.53. The fraction of sp³-hybridized carbons (Fsp3) is 0.111. The summed E-state index contributed by atoms with van der Waals surface area (Å²) in [4.78, 5) is 25.9. The van der Waals surface area contributed by atoms with E-state index in [1.54, 1.807) is 0 Å². The number of hydrogen-bond acceptors (Lipinski definition) is 6. The van der Waals surface area contributed by atoms with E-state index in [9.17, 15) is 14.7 Å². The third-order valence-electron chi connectivity index (χ3n) is 1.96. The van der Waals surface area contributed by atoms with Gasteiger partial charge in [0.2, 0.25) is 0 Å². The monoisotopic (exact) mass is 220 g/mol. The molecule has 0 unspecified atom stereocenters. The van der Waals surface area contributed by atoms with Crippen molar-refractivity contribution in [1.82, 2.24) is 14.6 Å². The molecular formula is C9H6N3O4-. The van der Waals surface area contributed by atoms with Crippen LogP contribution in [0.25, 0.3) is 5.65 Å². The first-order chi connectivity index (χ1) is 7.63.